The monoisotopic (exact) mass is 281 g/mol. The zero-order chi connectivity index (χ0) is 14.3. The Morgan fingerprint density at radius 3 is 2.70 bits per heavy atom. The summed E-state index contributed by atoms with van der Waals surface area (Å²) in [6, 6.07) is 1.16. The van der Waals surface area contributed by atoms with Gasteiger partial charge in [-0.25, -0.2) is 0 Å². The predicted octanol–water partition coefficient (Wildman–Crippen LogP) is 0.339. The molecule has 0 aromatic carbocycles. The number of carbonyl (C=O) groups excluding carboxylic acids is 1. The van der Waals surface area contributed by atoms with Crippen molar-refractivity contribution < 1.29 is 9.53 Å². The van der Waals surface area contributed by atoms with Gasteiger partial charge in [-0.15, -0.1) is 0 Å². The fourth-order valence-electron chi connectivity index (χ4n) is 4.39. The first-order valence-corrected chi connectivity index (χ1v) is 7.87. The zero-order valence-corrected chi connectivity index (χ0v) is 12.6. The van der Waals surface area contributed by atoms with Crippen LogP contribution >= 0.6 is 0 Å². The molecule has 0 aromatic rings. The molecular weight excluding hydrogens is 254 g/mol. The third-order valence-corrected chi connectivity index (χ3v) is 5.48. The number of rotatable bonds is 4. The van der Waals surface area contributed by atoms with Gasteiger partial charge < -0.3 is 15.8 Å². The standard InChI is InChI=1S/C15H27N3O2/c1-15(2)13(11-5-8-20-14(11)15)17-10-3-6-18(7-4-10)9-12(16)19/h10-11,13-14,17H,3-9H2,1-2H3,(H2,16,19). The smallest absolute Gasteiger partial charge is 0.231 e. The van der Waals surface area contributed by atoms with Crippen molar-refractivity contribution in [3.63, 3.8) is 0 Å². The summed E-state index contributed by atoms with van der Waals surface area (Å²) in [5.74, 6) is 0.483. The van der Waals surface area contributed by atoms with Gasteiger partial charge >= 0.3 is 0 Å². The van der Waals surface area contributed by atoms with E-state index in [-0.39, 0.29) is 11.3 Å². The van der Waals surface area contributed by atoms with Gasteiger partial charge in [-0.05, 0) is 19.3 Å². The number of hydrogen-bond acceptors (Lipinski definition) is 4. The number of likely N-dealkylation sites (tertiary alicyclic amines) is 1. The van der Waals surface area contributed by atoms with Crippen molar-refractivity contribution in [2.75, 3.05) is 26.2 Å². The van der Waals surface area contributed by atoms with Crippen LogP contribution in [-0.4, -0.2) is 55.2 Å². The fourth-order valence-corrected chi connectivity index (χ4v) is 4.39. The molecule has 0 bridgehead atoms. The van der Waals surface area contributed by atoms with E-state index in [1.54, 1.807) is 0 Å². The minimum Gasteiger partial charge on any atom is -0.377 e. The van der Waals surface area contributed by atoms with E-state index in [0.29, 0.717) is 30.7 Å². The lowest BCUT2D eigenvalue weighted by Gasteiger charge is -2.56. The van der Waals surface area contributed by atoms with E-state index in [9.17, 15) is 4.79 Å². The van der Waals surface area contributed by atoms with Crippen molar-refractivity contribution in [3.8, 4) is 0 Å². The lowest BCUT2D eigenvalue weighted by molar-refractivity contribution is -0.120. The van der Waals surface area contributed by atoms with Crippen LogP contribution in [0.4, 0.5) is 0 Å². The molecule has 114 valence electrons. The van der Waals surface area contributed by atoms with Gasteiger partial charge in [0.15, 0.2) is 0 Å². The Balaban J connectivity index is 1.49. The molecule has 1 aliphatic carbocycles. The molecule has 3 aliphatic rings. The molecule has 5 heteroatoms. The minimum atomic E-state index is -0.220. The van der Waals surface area contributed by atoms with Crippen LogP contribution in [0, 0.1) is 11.3 Å². The van der Waals surface area contributed by atoms with Crippen molar-refractivity contribution in [1.29, 1.82) is 0 Å². The van der Waals surface area contributed by atoms with E-state index in [2.05, 4.69) is 24.1 Å². The highest BCUT2D eigenvalue weighted by molar-refractivity contribution is 5.75. The van der Waals surface area contributed by atoms with E-state index in [0.717, 1.165) is 32.5 Å². The molecule has 3 N–H and O–H groups in total. The Morgan fingerprint density at radius 2 is 2.05 bits per heavy atom. The Kier molecular flexibility index (Phi) is 3.77. The van der Waals surface area contributed by atoms with Gasteiger partial charge in [-0.2, -0.15) is 0 Å². The van der Waals surface area contributed by atoms with Crippen LogP contribution in [0.15, 0.2) is 0 Å². The Hall–Kier alpha value is -0.650. The number of amides is 1. The van der Waals surface area contributed by atoms with Crippen LogP contribution in [0.25, 0.3) is 0 Å². The molecule has 0 aromatic heterocycles. The van der Waals surface area contributed by atoms with Crippen LogP contribution in [-0.2, 0) is 9.53 Å². The number of piperidine rings is 1. The SMILES string of the molecule is CC1(C)C(NC2CCN(CC(N)=O)CC2)C2CCOC21. The molecule has 1 saturated carbocycles. The van der Waals surface area contributed by atoms with Gasteiger partial charge in [0.2, 0.25) is 5.91 Å². The number of nitrogens with one attached hydrogen (secondary N) is 1. The van der Waals surface area contributed by atoms with Crippen LogP contribution in [0.2, 0.25) is 0 Å². The molecule has 2 heterocycles. The molecule has 3 fully saturated rings. The van der Waals surface area contributed by atoms with Crippen LogP contribution in [0.3, 0.4) is 0 Å². The Labute approximate surface area is 121 Å². The summed E-state index contributed by atoms with van der Waals surface area (Å²) in [5, 5.41) is 3.87. The number of primary amides is 1. The normalized spacial score (nSPS) is 37.4. The van der Waals surface area contributed by atoms with E-state index < -0.39 is 0 Å². The maximum atomic E-state index is 10.9. The summed E-state index contributed by atoms with van der Waals surface area (Å²) < 4.78 is 5.85. The second-order valence-electron chi connectivity index (χ2n) is 7.23. The largest absolute Gasteiger partial charge is 0.377 e. The molecular formula is C15H27N3O2. The molecule has 2 saturated heterocycles. The van der Waals surface area contributed by atoms with Crippen molar-refractivity contribution in [1.82, 2.24) is 10.2 Å². The summed E-state index contributed by atoms with van der Waals surface area (Å²) in [7, 11) is 0. The minimum absolute atomic E-state index is 0.220. The first kappa shape index (κ1) is 14.3. The predicted molar refractivity (Wildman–Crippen MR) is 77.2 cm³/mol. The summed E-state index contributed by atoms with van der Waals surface area (Å²) >= 11 is 0. The number of nitrogens with zero attached hydrogens (tertiary/aromatic N) is 1. The maximum absolute atomic E-state index is 10.9. The van der Waals surface area contributed by atoms with Gasteiger partial charge in [-0.1, -0.05) is 13.8 Å². The average Bonchev–Trinajstić information content (AvgIpc) is 2.84. The Bertz CT molecular complexity index is 377. The van der Waals surface area contributed by atoms with Crippen LogP contribution in [0.5, 0.6) is 0 Å². The highest BCUT2D eigenvalue weighted by Crippen LogP contribution is 2.52. The van der Waals surface area contributed by atoms with Gasteiger partial charge in [0.25, 0.3) is 0 Å². The molecule has 3 rings (SSSR count). The molecule has 0 radical (unpaired) electrons. The third-order valence-electron chi connectivity index (χ3n) is 5.48. The lowest BCUT2D eigenvalue weighted by atomic mass is 9.57. The molecule has 3 unspecified atom stereocenters. The lowest BCUT2D eigenvalue weighted by Crippen LogP contribution is -2.68. The molecule has 1 amide bonds. The fraction of sp³-hybridized carbons (Fsp3) is 0.933. The summed E-state index contributed by atoms with van der Waals surface area (Å²) in [5.41, 5.74) is 5.51. The first-order chi connectivity index (χ1) is 9.48. The summed E-state index contributed by atoms with van der Waals surface area (Å²) in [4.78, 5) is 13.1. The molecule has 5 nitrogen and oxygen atoms in total. The van der Waals surface area contributed by atoms with Crippen molar-refractivity contribution in [3.05, 3.63) is 0 Å². The van der Waals surface area contributed by atoms with Crippen LogP contribution in [0.1, 0.15) is 33.1 Å². The van der Waals surface area contributed by atoms with Crippen molar-refractivity contribution >= 4 is 5.91 Å². The van der Waals surface area contributed by atoms with E-state index in [1.165, 1.54) is 6.42 Å². The van der Waals surface area contributed by atoms with E-state index >= 15 is 0 Å². The molecule has 2 aliphatic heterocycles. The summed E-state index contributed by atoms with van der Waals surface area (Å²) in [6.07, 6.45) is 3.87. The zero-order valence-electron chi connectivity index (χ0n) is 12.6. The van der Waals surface area contributed by atoms with Crippen molar-refractivity contribution in [2.45, 2.75) is 51.3 Å². The van der Waals surface area contributed by atoms with Gasteiger partial charge in [-0.3, -0.25) is 9.69 Å². The van der Waals surface area contributed by atoms with E-state index in [4.69, 9.17) is 10.5 Å². The molecule has 3 atom stereocenters. The van der Waals surface area contributed by atoms with Gasteiger partial charge in [0.1, 0.15) is 0 Å². The number of carbonyl (C=O) groups is 1. The molecule has 0 spiro atoms. The number of hydrogen-bond donors (Lipinski definition) is 2. The van der Waals surface area contributed by atoms with Gasteiger partial charge in [0, 0.05) is 43.1 Å². The number of fused-ring (bicyclic) bond motifs is 1. The first-order valence-electron chi connectivity index (χ1n) is 7.87. The van der Waals surface area contributed by atoms with Crippen molar-refractivity contribution in [2.24, 2.45) is 17.1 Å². The average molecular weight is 281 g/mol. The Morgan fingerprint density at radius 1 is 1.35 bits per heavy atom. The number of ether oxygens (including phenoxy) is 1. The van der Waals surface area contributed by atoms with Crippen LogP contribution < -0.4 is 11.1 Å². The highest BCUT2D eigenvalue weighted by Gasteiger charge is 2.59. The third kappa shape index (κ3) is 2.47. The second-order valence-corrected chi connectivity index (χ2v) is 7.23. The highest BCUT2D eigenvalue weighted by atomic mass is 16.5. The summed E-state index contributed by atoms with van der Waals surface area (Å²) in [6.45, 7) is 7.91. The topological polar surface area (TPSA) is 67.6 Å². The quantitative estimate of drug-likeness (QED) is 0.780. The molecule has 20 heavy (non-hydrogen) atoms. The maximum Gasteiger partial charge on any atom is 0.231 e. The van der Waals surface area contributed by atoms with Gasteiger partial charge in [0.05, 0.1) is 12.6 Å². The number of nitrogens with two attached hydrogens (primary N) is 1. The van der Waals surface area contributed by atoms with E-state index in [1.807, 2.05) is 0 Å². The second kappa shape index (κ2) is 5.28.